The topological polar surface area (TPSA) is 0 Å². The van der Waals surface area contributed by atoms with Crippen molar-refractivity contribution in [1.82, 2.24) is 0 Å². The minimum Gasteiger partial charge on any atom is -0.227 e. The molecule has 0 aliphatic rings. The normalized spacial score (nSPS) is 11.9. The molecule has 0 heterocycles. The predicted octanol–water partition coefficient (Wildman–Crippen LogP) is 5.71. The highest BCUT2D eigenvalue weighted by Gasteiger charge is 2.29. The predicted molar refractivity (Wildman–Crippen MR) is 151 cm³/mol. The van der Waals surface area contributed by atoms with Crippen LogP contribution in [0.2, 0.25) is 0 Å². The molecule has 0 aliphatic carbocycles. The van der Waals surface area contributed by atoms with Gasteiger partial charge in [0, 0.05) is 7.92 Å². The van der Waals surface area contributed by atoms with E-state index in [2.05, 4.69) is 118 Å². The van der Waals surface area contributed by atoms with E-state index in [9.17, 15) is 0 Å². The molecule has 3 rings (SSSR count). The van der Waals surface area contributed by atoms with Crippen LogP contribution in [0.25, 0.3) is 0 Å². The maximum Gasteiger partial charge on any atom is 0.0667 e. The molecular weight excluding hydrogens is 402 g/mol. The molecule has 0 bridgehead atoms. The van der Waals surface area contributed by atoms with E-state index in [-0.39, 0.29) is 6.71 Å². The third-order valence-corrected chi connectivity index (χ3v) is 10.4. The smallest absolute Gasteiger partial charge is 0.0667 e. The summed E-state index contributed by atoms with van der Waals surface area (Å²) in [6.07, 6.45) is 0. The molecule has 0 amide bonds. The van der Waals surface area contributed by atoms with Crippen molar-refractivity contribution in [2.24, 2.45) is 0 Å². The number of hydrogen-bond donors (Lipinski definition) is 0. The Morgan fingerprint density at radius 3 is 1.34 bits per heavy atom. The molecule has 3 aromatic rings. The highest BCUT2D eigenvalue weighted by Crippen LogP contribution is 2.44. The first-order valence-electron chi connectivity index (χ1n) is 12.1. The molecule has 0 saturated carbocycles. The average molecular weight is 443 g/mol. The van der Waals surface area contributed by atoms with E-state index >= 15 is 0 Å². The Hall–Kier alpha value is -1.85. The first-order valence-corrected chi connectivity index (χ1v) is 13.8. The highest BCUT2D eigenvalue weighted by molar-refractivity contribution is 7.67. The maximum atomic E-state index is 2.44. The lowest BCUT2D eigenvalue weighted by molar-refractivity contribution is 1.02. The van der Waals surface area contributed by atoms with Crippen molar-refractivity contribution in [3.8, 4) is 0 Å². The van der Waals surface area contributed by atoms with Crippen molar-refractivity contribution in [2.75, 3.05) is 0 Å². The summed E-state index contributed by atoms with van der Waals surface area (Å²) in [6.45, 7) is 23.6. The molecule has 0 saturated heterocycles. The van der Waals surface area contributed by atoms with Crippen molar-refractivity contribution in [2.45, 2.75) is 80.6 Å². The van der Waals surface area contributed by atoms with Gasteiger partial charge in [0.1, 0.15) is 0 Å². The molecule has 0 fully saturated rings. The second-order valence-electron chi connectivity index (χ2n) is 10.4. The zero-order valence-corrected chi connectivity index (χ0v) is 22.9. The standard InChI is InChI=1S/C30H40BP/c1-19(2)32(20(3)4)28-14-12-11-13-27(28)31(29-23(7)15-21(5)16-24(29)8)30-25(9)17-22(6)18-26(30)10/h11-20H,1-10H3/q-1/p+1. The summed E-state index contributed by atoms with van der Waals surface area (Å²) in [5.41, 5.74) is 14.2. The summed E-state index contributed by atoms with van der Waals surface area (Å²) in [6, 6.07) is 18.8. The Bertz CT molecular complexity index is 998. The van der Waals surface area contributed by atoms with Crippen molar-refractivity contribution in [1.29, 1.82) is 0 Å². The van der Waals surface area contributed by atoms with Crippen LogP contribution in [0, 0.1) is 41.5 Å². The minimum atomic E-state index is -0.711. The van der Waals surface area contributed by atoms with Crippen LogP contribution < -0.4 is 21.7 Å². The number of rotatable bonds is 6. The summed E-state index contributed by atoms with van der Waals surface area (Å²) < 4.78 is 0. The second-order valence-corrected chi connectivity index (χ2v) is 14.2. The fourth-order valence-electron chi connectivity index (χ4n) is 6.05. The van der Waals surface area contributed by atoms with Gasteiger partial charge in [-0.05, 0) is 82.0 Å². The van der Waals surface area contributed by atoms with Crippen LogP contribution in [0.5, 0.6) is 0 Å². The summed E-state index contributed by atoms with van der Waals surface area (Å²) >= 11 is 0. The Morgan fingerprint density at radius 1 is 0.594 bits per heavy atom. The van der Waals surface area contributed by atoms with E-state index in [4.69, 9.17) is 0 Å². The third kappa shape index (κ3) is 4.89. The van der Waals surface area contributed by atoms with Crippen LogP contribution in [0.3, 0.4) is 0 Å². The van der Waals surface area contributed by atoms with Gasteiger partial charge in [-0.1, -0.05) is 75.8 Å². The van der Waals surface area contributed by atoms with E-state index in [0.717, 1.165) is 0 Å². The van der Waals surface area contributed by atoms with Gasteiger partial charge in [-0.3, -0.25) is 0 Å². The molecule has 0 unspecified atom stereocenters. The quantitative estimate of drug-likeness (QED) is 0.338. The van der Waals surface area contributed by atoms with Crippen LogP contribution in [-0.4, -0.2) is 18.0 Å². The van der Waals surface area contributed by atoms with Crippen LogP contribution in [0.15, 0.2) is 48.5 Å². The highest BCUT2D eigenvalue weighted by atomic mass is 31.1. The lowest BCUT2D eigenvalue weighted by atomic mass is 9.34. The van der Waals surface area contributed by atoms with Gasteiger partial charge in [0.25, 0.3) is 0 Å². The maximum absolute atomic E-state index is 2.44. The van der Waals surface area contributed by atoms with Crippen molar-refractivity contribution >= 4 is 36.3 Å². The van der Waals surface area contributed by atoms with Gasteiger partial charge in [-0.2, -0.15) is 5.46 Å². The Morgan fingerprint density at radius 2 is 0.969 bits per heavy atom. The van der Waals surface area contributed by atoms with Gasteiger partial charge >= 0.3 is 0 Å². The van der Waals surface area contributed by atoms with Gasteiger partial charge in [0.2, 0.25) is 0 Å². The molecule has 0 aliphatic heterocycles. The fourth-order valence-corrected chi connectivity index (χ4v) is 9.48. The van der Waals surface area contributed by atoms with Crippen molar-refractivity contribution in [3.05, 3.63) is 81.9 Å². The molecule has 0 N–H and O–H groups in total. The van der Waals surface area contributed by atoms with E-state index in [1.54, 1.807) is 5.30 Å². The molecule has 0 spiro atoms. The Labute approximate surface area is 198 Å². The zero-order chi connectivity index (χ0) is 23.7. The average Bonchev–Trinajstić information content (AvgIpc) is 2.65. The van der Waals surface area contributed by atoms with Crippen LogP contribution in [0.1, 0.15) is 61.1 Å². The fraction of sp³-hybridized carbons (Fsp3) is 0.400. The van der Waals surface area contributed by atoms with Crippen molar-refractivity contribution < 1.29 is 0 Å². The van der Waals surface area contributed by atoms with Gasteiger partial charge in [-0.15, -0.1) is 0 Å². The van der Waals surface area contributed by atoms with E-state index in [1.807, 2.05) is 0 Å². The first kappa shape index (κ1) is 24.8. The van der Waals surface area contributed by atoms with E-state index in [1.165, 1.54) is 49.8 Å². The van der Waals surface area contributed by atoms with E-state index < -0.39 is 7.92 Å². The van der Waals surface area contributed by atoms with E-state index in [0.29, 0.717) is 11.3 Å². The molecule has 0 nitrogen and oxygen atoms in total. The van der Waals surface area contributed by atoms with Crippen molar-refractivity contribution in [3.63, 3.8) is 0 Å². The van der Waals surface area contributed by atoms with Crippen LogP contribution >= 0.6 is 7.92 Å². The molecule has 0 atom stereocenters. The number of benzene rings is 3. The lowest BCUT2D eigenvalue weighted by Gasteiger charge is -2.39. The largest absolute Gasteiger partial charge is 0.227 e. The van der Waals surface area contributed by atoms with Gasteiger partial charge in [-0.25, -0.2) is 10.9 Å². The number of hydrogen-bond acceptors (Lipinski definition) is 0. The second kappa shape index (κ2) is 9.97. The SMILES string of the molecule is Cc1cc(C)c([B-](c2ccccc2[PH+](C(C)C)C(C)C)c2c(C)cc(C)cc2C)c(C)c1. The van der Waals surface area contributed by atoms with Gasteiger partial charge in [0.15, 0.2) is 0 Å². The van der Waals surface area contributed by atoms with Gasteiger partial charge in [0.05, 0.1) is 16.6 Å². The molecule has 0 aromatic heterocycles. The van der Waals surface area contributed by atoms with Crippen LogP contribution in [0.4, 0.5) is 0 Å². The van der Waals surface area contributed by atoms with Crippen LogP contribution in [-0.2, 0) is 0 Å². The summed E-state index contributed by atoms with van der Waals surface area (Å²) in [4.78, 5) is 0. The Kier molecular flexibility index (Phi) is 7.72. The monoisotopic (exact) mass is 443 g/mol. The molecular formula is C30H41BP. The zero-order valence-electron chi connectivity index (χ0n) is 21.9. The molecule has 1 radical (unpaired) electrons. The first-order chi connectivity index (χ1) is 15.0. The molecule has 169 valence electrons. The molecule has 2 heteroatoms. The number of aryl methyl sites for hydroxylation is 6. The Balaban J connectivity index is 2.43. The van der Waals surface area contributed by atoms with Gasteiger partial charge < -0.3 is 0 Å². The summed E-state index contributed by atoms with van der Waals surface area (Å²) in [5, 5.41) is 1.62. The summed E-state index contributed by atoms with van der Waals surface area (Å²) in [5.74, 6) is 0. The minimum absolute atomic E-state index is 0.268. The summed E-state index contributed by atoms with van der Waals surface area (Å²) in [7, 11) is -0.711. The third-order valence-electron chi connectivity index (χ3n) is 6.88. The lowest BCUT2D eigenvalue weighted by Crippen LogP contribution is -2.59. The molecule has 3 aromatic carbocycles. The molecule has 32 heavy (non-hydrogen) atoms.